The van der Waals surface area contributed by atoms with E-state index >= 15 is 0 Å². The molecule has 0 radical (unpaired) electrons. The van der Waals surface area contributed by atoms with Crippen molar-refractivity contribution in [2.75, 3.05) is 13.2 Å². The number of hydrogen-bond donors (Lipinski definition) is 1. The third-order valence-corrected chi connectivity index (χ3v) is 3.19. The number of alkyl halides is 3. The van der Waals surface area contributed by atoms with Gasteiger partial charge in [-0.05, 0) is 18.2 Å². The number of hydrogen-bond acceptors (Lipinski definition) is 3. The highest BCUT2D eigenvalue weighted by atomic mass is 35.5. The van der Waals surface area contributed by atoms with E-state index in [9.17, 15) is 22.8 Å². The Kier molecular flexibility index (Phi) is 4.41. The number of esters is 1. The maximum Gasteiger partial charge on any atom is 0.416 e. The quantitative estimate of drug-likeness (QED) is 0.871. The molecule has 0 aromatic heterocycles. The largest absolute Gasteiger partial charge is 0.462 e. The van der Waals surface area contributed by atoms with Crippen molar-refractivity contribution in [3.8, 4) is 0 Å². The van der Waals surface area contributed by atoms with Crippen molar-refractivity contribution < 1.29 is 27.5 Å². The number of amides is 1. The number of benzene rings is 1. The maximum atomic E-state index is 12.6. The highest BCUT2D eigenvalue weighted by Gasteiger charge is 2.32. The van der Waals surface area contributed by atoms with Crippen LogP contribution in [0.3, 0.4) is 0 Å². The van der Waals surface area contributed by atoms with Crippen molar-refractivity contribution in [3.63, 3.8) is 0 Å². The number of halogens is 4. The van der Waals surface area contributed by atoms with Gasteiger partial charge in [-0.2, -0.15) is 13.2 Å². The Balaban J connectivity index is 2.05. The summed E-state index contributed by atoms with van der Waals surface area (Å²) in [4.78, 5) is 22.7. The number of carbonyl (C=O) groups is 2. The van der Waals surface area contributed by atoms with Crippen molar-refractivity contribution in [1.82, 2.24) is 5.32 Å². The molecule has 0 spiro atoms. The standard InChI is InChI=1S/C13H11ClF3NO3/c14-10-3-8(2-9(4-10)13(15,16)17)12(20)21-6-7-1-11(19)18-5-7/h2-4,7H,1,5-6H2,(H,18,19)/t7-/m1/s1. The van der Waals surface area contributed by atoms with E-state index < -0.39 is 17.7 Å². The van der Waals surface area contributed by atoms with Crippen molar-refractivity contribution in [3.05, 3.63) is 34.3 Å². The first kappa shape index (κ1) is 15.6. The first-order valence-electron chi connectivity index (χ1n) is 6.07. The number of ether oxygens (including phenoxy) is 1. The molecule has 0 saturated carbocycles. The molecule has 1 atom stereocenters. The Morgan fingerprint density at radius 2 is 2.10 bits per heavy atom. The van der Waals surface area contributed by atoms with Gasteiger partial charge in [0.1, 0.15) is 0 Å². The topological polar surface area (TPSA) is 55.4 Å². The van der Waals surface area contributed by atoms with Crippen molar-refractivity contribution in [2.24, 2.45) is 5.92 Å². The van der Waals surface area contributed by atoms with Gasteiger partial charge in [-0.15, -0.1) is 0 Å². The average molecular weight is 322 g/mol. The lowest BCUT2D eigenvalue weighted by atomic mass is 10.1. The third-order valence-electron chi connectivity index (χ3n) is 2.97. The summed E-state index contributed by atoms with van der Waals surface area (Å²) < 4.78 is 42.8. The van der Waals surface area contributed by atoms with Crippen LogP contribution in [-0.2, 0) is 15.7 Å². The predicted molar refractivity (Wildman–Crippen MR) is 67.9 cm³/mol. The van der Waals surface area contributed by atoms with Crippen LogP contribution in [0.2, 0.25) is 5.02 Å². The minimum Gasteiger partial charge on any atom is -0.462 e. The maximum absolute atomic E-state index is 12.6. The first-order chi connectivity index (χ1) is 9.75. The van der Waals surface area contributed by atoms with Crippen molar-refractivity contribution in [1.29, 1.82) is 0 Å². The van der Waals surface area contributed by atoms with E-state index in [2.05, 4.69) is 5.32 Å². The zero-order chi connectivity index (χ0) is 15.6. The number of rotatable bonds is 3. The van der Waals surface area contributed by atoms with E-state index in [-0.39, 0.29) is 35.4 Å². The van der Waals surface area contributed by atoms with Crippen LogP contribution in [0.25, 0.3) is 0 Å². The zero-order valence-corrected chi connectivity index (χ0v) is 11.4. The SMILES string of the molecule is O=C1C[C@@H](COC(=O)c2cc(Cl)cc(C(F)(F)F)c2)CN1. The van der Waals surface area contributed by atoms with Gasteiger partial charge in [0.25, 0.3) is 0 Å². The highest BCUT2D eigenvalue weighted by Crippen LogP contribution is 2.32. The second-order valence-electron chi connectivity index (χ2n) is 4.70. The molecule has 1 fully saturated rings. The molecule has 0 bridgehead atoms. The summed E-state index contributed by atoms with van der Waals surface area (Å²) in [7, 11) is 0. The minimum absolute atomic E-state index is 0.0363. The molecule has 1 N–H and O–H groups in total. The average Bonchev–Trinajstić information content (AvgIpc) is 2.80. The monoisotopic (exact) mass is 321 g/mol. The molecule has 0 aliphatic carbocycles. The van der Waals surface area contributed by atoms with Crippen LogP contribution in [0, 0.1) is 5.92 Å². The molecule has 0 unspecified atom stereocenters. The lowest BCUT2D eigenvalue weighted by Crippen LogP contribution is -2.18. The highest BCUT2D eigenvalue weighted by molar-refractivity contribution is 6.31. The molecule has 4 nitrogen and oxygen atoms in total. The number of nitrogens with one attached hydrogen (secondary N) is 1. The summed E-state index contributed by atoms with van der Waals surface area (Å²) in [5.74, 6) is -1.21. The van der Waals surface area contributed by atoms with E-state index in [4.69, 9.17) is 16.3 Å². The number of carbonyl (C=O) groups excluding carboxylic acids is 2. The summed E-state index contributed by atoms with van der Waals surface area (Å²) in [5.41, 5.74) is -1.29. The van der Waals surface area contributed by atoms with Gasteiger partial charge in [0.15, 0.2) is 0 Å². The Bertz CT molecular complexity index is 574. The Morgan fingerprint density at radius 3 is 2.67 bits per heavy atom. The van der Waals surface area contributed by atoms with Crippen LogP contribution < -0.4 is 5.32 Å². The predicted octanol–water partition coefficient (Wildman–Crippen LogP) is 2.65. The van der Waals surface area contributed by atoms with E-state index in [1.165, 1.54) is 0 Å². The summed E-state index contributed by atoms with van der Waals surface area (Å²) in [6, 6.07) is 2.53. The van der Waals surface area contributed by atoms with E-state index in [1.54, 1.807) is 0 Å². The van der Waals surface area contributed by atoms with Gasteiger partial charge in [0.05, 0.1) is 17.7 Å². The smallest absolute Gasteiger partial charge is 0.416 e. The molecule has 1 aliphatic heterocycles. The van der Waals surface area contributed by atoms with Crippen molar-refractivity contribution in [2.45, 2.75) is 12.6 Å². The molecule has 2 rings (SSSR count). The lowest BCUT2D eigenvalue weighted by Gasteiger charge is -2.11. The molecule has 114 valence electrons. The molecule has 1 amide bonds. The van der Waals surface area contributed by atoms with E-state index in [0.29, 0.717) is 12.6 Å². The van der Waals surface area contributed by atoms with Crippen LogP contribution >= 0.6 is 11.6 Å². The Morgan fingerprint density at radius 1 is 1.38 bits per heavy atom. The Hall–Kier alpha value is -1.76. The first-order valence-corrected chi connectivity index (χ1v) is 6.45. The van der Waals surface area contributed by atoms with Crippen LogP contribution in [0.5, 0.6) is 0 Å². The van der Waals surface area contributed by atoms with Crippen LogP contribution in [0.4, 0.5) is 13.2 Å². The minimum atomic E-state index is -4.60. The van der Waals surface area contributed by atoms with Gasteiger partial charge in [-0.1, -0.05) is 11.6 Å². The molecule has 1 aromatic rings. The molecule has 1 heterocycles. The van der Waals surface area contributed by atoms with E-state index in [1.807, 2.05) is 0 Å². The zero-order valence-electron chi connectivity index (χ0n) is 10.7. The van der Waals surface area contributed by atoms with E-state index in [0.717, 1.165) is 12.1 Å². The van der Waals surface area contributed by atoms with Gasteiger partial charge >= 0.3 is 12.1 Å². The fourth-order valence-corrected chi connectivity index (χ4v) is 2.17. The Labute approximate surface area is 123 Å². The lowest BCUT2D eigenvalue weighted by molar-refractivity contribution is -0.137. The summed E-state index contributed by atoms with van der Waals surface area (Å²) in [6.45, 7) is 0.348. The van der Waals surface area contributed by atoms with Crippen LogP contribution in [-0.4, -0.2) is 25.0 Å². The van der Waals surface area contributed by atoms with Gasteiger partial charge in [0, 0.05) is 23.9 Å². The van der Waals surface area contributed by atoms with Crippen LogP contribution in [0.1, 0.15) is 22.3 Å². The van der Waals surface area contributed by atoms with Gasteiger partial charge < -0.3 is 10.1 Å². The second-order valence-corrected chi connectivity index (χ2v) is 5.14. The molecule has 8 heteroatoms. The third kappa shape index (κ3) is 4.10. The summed E-state index contributed by atoms with van der Waals surface area (Å²) in [6.07, 6.45) is -4.36. The molecule has 1 aliphatic rings. The fourth-order valence-electron chi connectivity index (χ4n) is 1.93. The molecular weight excluding hydrogens is 311 g/mol. The normalized spacial score (nSPS) is 18.5. The molecule has 21 heavy (non-hydrogen) atoms. The second kappa shape index (κ2) is 5.93. The molecule has 1 saturated heterocycles. The molecule has 1 aromatic carbocycles. The van der Waals surface area contributed by atoms with Crippen LogP contribution in [0.15, 0.2) is 18.2 Å². The van der Waals surface area contributed by atoms with Crippen molar-refractivity contribution >= 4 is 23.5 Å². The van der Waals surface area contributed by atoms with Gasteiger partial charge in [-0.3, -0.25) is 4.79 Å². The molecular formula is C13H11ClF3NO3. The van der Waals surface area contributed by atoms with Gasteiger partial charge in [0.2, 0.25) is 5.91 Å². The summed E-state index contributed by atoms with van der Waals surface area (Å²) in [5, 5.41) is 2.37. The summed E-state index contributed by atoms with van der Waals surface area (Å²) >= 11 is 5.58. The van der Waals surface area contributed by atoms with Gasteiger partial charge in [-0.25, -0.2) is 4.79 Å². The fraction of sp³-hybridized carbons (Fsp3) is 0.385.